The molecule has 0 aliphatic carbocycles. The second-order valence-electron chi connectivity index (χ2n) is 9.81. The van der Waals surface area contributed by atoms with Gasteiger partial charge in [0.15, 0.2) is 0 Å². The molecule has 1 heterocycles. The fourth-order valence-corrected chi connectivity index (χ4v) is 5.26. The van der Waals surface area contributed by atoms with Crippen molar-refractivity contribution >= 4 is 17.2 Å². The predicted molar refractivity (Wildman–Crippen MR) is 161 cm³/mol. The Bertz CT molecular complexity index is 1510. The number of benzene rings is 4. The highest BCUT2D eigenvalue weighted by Crippen LogP contribution is 2.20. The first kappa shape index (κ1) is 28.2. The molecule has 7 heteroatoms. The molecule has 5 rings (SSSR count). The Morgan fingerprint density at radius 1 is 0.756 bits per heavy atom. The van der Waals surface area contributed by atoms with Gasteiger partial charge in [0.25, 0.3) is 5.91 Å². The van der Waals surface area contributed by atoms with Gasteiger partial charge in [-0.15, -0.1) is 11.3 Å². The second-order valence-corrected chi connectivity index (χ2v) is 10.8. The van der Waals surface area contributed by atoms with Crippen molar-refractivity contribution in [3.63, 3.8) is 0 Å². The van der Waals surface area contributed by atoms with E-state index in [1.54, 1.807) is 12.1 Å². The van der Waals surface area contributed by atoms with E-state index in [-0.39, 0.29) is 11.7 Å². The van der Waals surface area contributed by atoms with Crippen LogP contribution in [0.25, 0.3) is 0 Å². The molecule has 0 aliphatic heterocycles. The van der Waals surface area contributed by atoms with Crippen LogP contribution in [0.15, 0.2) is 115 Å². The molecule has 208 valence electrons. The Morgan fingerprint density at radius 3 is 2.02 bits per heavy atom. The monoisotopic (exact) mass is 565 g/mol. The summed E-state index contributed by atoms with van der Waals surface area (Å²) in [5.41, 5.74) is 4.85. The standard InChI is InChI=1S/C34H32FN3O2S/c35-30-15-11-27(12-16-30)21-38(22-28-13-17-31(18-14-28)40-24-29-9-5-2-6-10-29)23-33-37-32(25-41-33)34(39)36-20-19-26-7-3-1-4-8-26/h1-18,25H,19-24H2,(H,36,39). The fraction of sp³-hybridized carbons (Fsp3) is 0.176. The zero-order valence-corrected chi connectivity index (χ0v) is 23.5. The summed E-state index contributed by atoms with van der Waals surface area (Å²) >= 11 is 1.47. The van der Waals surface area contributed by atoms with E-state index in [4.69, 9.17) is 4.74 Å². The van der Waals surface area contributed by atoms with Crippen LogP contribution < -0.4 is 10.1 Å². The highest BCUT2D eigenvalue weighted by Gasteiger charge is 2.15. The Morgan fingerprint density at radius 2 is 1.37 bits per heavy atom. The average molecular weight is 566 g/mol. The van der Waals surface area contributed by atoms with Gasteiger partial charge in [0, 0.05) is 25.0 Å². The maximum absolute atomic E-state index is 13.5. The van der Waals surface area contributed by atoms with Gasteiger partial charge < -0.3 is 10.1 Å². The van der Waals surface area contributed by atoms with Crippen molar-refractivity contribution in [1.29, 1.82) is 0 Å². The quantitative estimate of drug-likeness (QED) is 0.166. The van der Waals surface area contributed by atoms with Crippen LogP contribution in [-0.2, 0) is 32.7 Å². The number of halogens is 1. The highest BCUT2D eigenvalue weighted by molar-refractivity contribution is 7.09. The molecule has 0 aliphatic rings. The number of carbonyl (C=O) groups is 1. The van der Waals surface area contributed by atoms with Crippen molar-refractivity contribution in [2.75, 3.05) is 6.54 Å². The van der Waals surface area contributed by atoms with Gasteiger partial charge in [-0.2, -0.15) is 0 Å². The van der Waals surface area contributed by atoms with E-state index in [0.29, 0.717) is 38.5 Å². The summed E-state index contributed by atoms with van der Waals surface area (Å²) < 4.78 is 19.5. The normalized spacial score (nSPS) is 11.0. The lowest BCUT2D eigenvalue weighted by Gasteiger charge is -2.22. The fourth-order valence-electron chi connectivity index (χ4n) is 4.44. The number of nitrogens with zero attached hydrogens (tertiary/aromatic N) is 2. The molecule has 0 fully saturated rings. The summed E-state index contributed by atoms with van der Waals surface area (Å²) in [6.07, 6.45) is 0.769. The average Bonchev–Trinajstić information content (AvgIpc) is 3.47. The van der Waals surface area contributed by atoms with Gasteiger partial charge >= 0.3 is 0 Å². The number of thiazole rings is 1. The predicted octanol–water partition coefficient (Wildman–Crippen LogP) is 7.04. The smallest absolute Gasteiger partial charge is 0.270 e. The third-order valence-electron chi connectivity index (χ3n) is 6.58. The van der Waals surface area contributed by atoms with Gasteiger partial charge in [-0.1, -0.05) is 84.9 Å². The van der Waals surface area contributed by atoms with Gasteiger partial charge in [0.1, 0.15) is 28.9 Å². The summed E-state index contributed by atoms with van der Waals surface area (Å²) in [7, 11) is 0. The molecule has 5 aromatic rings. The molecule has 1 N–H and O–H groups in total. The summed E-state index contributed by atoms with van der Waals surface area (Å²) in [6, 6.07) is 34.8. The maximum atomic E-state index is 13.5. The molecule has 0 bridgehead atoms. The van der Waals surface area contributed by atoms with Crippen molar-refractivity contribution in [3.8, 4) is 5.75 Å². The van der Waals surface area contributed by atoms with Gasteiger partial charge in [-0.3, -0.25) is 9.69 Å². The number of aromatic nitrogens is 1. The summed E-state index contributed by atoms with van der Waals surface area (Å²) in [5.74, 6) is 0.388. The maximum Gasteiger partial charge on any atom is 0.270 e. The van der Waals surface area contributed by atoms with E-state index >= 15 is 0 Å². The molecule has 0 atom stereocenters. The van der Waals surface area contributed by atoms with Gasteiger partial charge in [0.2, 0.25) is 0 Å². The van der Waals surface area contributed by atoms with Crippen molar-refractivity contribution in [1.82, 2.24) is 15.2 Å². The molecular weight excluding hydrogens is 533 g/mol. The Balaban J connectivity index is 1.20. The SMILES string of the molecule is O=C(NCCc1ccccc1)c1csc(CN(Cc2ccc(F)cc2)Cc2ccc(OCc3ccccc3)cc2)n1. The largest absolute Gasteiger partial charge is 0.489 e. The molecule has 5 nitrogen and oxygen atoms in total. The van der Waals surface area contributed by atoms with Crippen LogP contribution in [0.5, 0.6) is 5.75 Å². The van der Waals surface area contributed by atoms with E-state index in [9.17, 15) is 9.18 Å². The van der Waals surface area contributed by atoms with Crippen LogP contribution in [0.1, 0.15) is 37.7 Å². The minimum Gasteiger partial charge on any atom is -0.489 e. The number of amides is 1. The molecule has 0 saturated carbocycles. The van der Waals surface area contributed by atoms with E-state index in [1.807, 2.05) is 78.2 Å². The number of carbonyl (C=O) groups excluding carboxylic acids is 1. The van der Waals surface area contributed by atoms with Crippen molar-refractivity contribution in [3.05, 3.63) is 153 Å². The summed E-state index contributed by atoms with van der Waals surface area (Å²) in [6.45, 7) is 2.91. The third kappa shape index (κ3) is 8.83. The Kier molecular flexibility index (Phi) is 9.87. The summed E-state index contributed by atoms with van der Waals surface area (Å²) in [4.78, 5) is 19.6. The van der Waals surface area contributed by atoms with Gasteiger partial charge in [-0.05, 0) is 52.9 Å². The van der Waals surface area contributed by atoms with Crippen LogP contribution >= 0.6 is 11.3 Å². The first-order valence-electron chi connectivity index (χ1n) is 13.6. The number of hydrogen-bond donors (Lipinski definition) is 1. The minimum absolute atomic E-state index is 0.167. The molecule has 41 heavy (non-hydrogen) atoms. The van der Waals surface area contributed by atoms with Crippen LogP contribution in [0.2, 0.25) is 0 Å². The lowest BCUT2D eigenvalue weighted by atomic mass is 10.1. The van der Waals surface area contributed by atoms with Gasteiger partial charge in [-0.25, -0.2) is 9.37 Å². The molecule has 1 aromatic heterocycles. The van der Waals surface area contributed by atoms with Gasteiger partial charge in [0.05, 0.1) is 6.54 Å². The second kappa shape index (κ2) is 14.3. The number of rotatable bonds is 13. The minimum atomic E-state index is -0.255. The third-order valence-corrected chi connectivity index (χ3v) is 7.42. The van der Waals surface area contributed by atoms with E-state index in [0.717, 1.165) is 33.9 Å². The zero-order valence-electron chi connectivity index (χ0n) is 22.7. The lowest BCUT2D eigenvalue weighted by Crippen LogP contribution is -2.26. The Hall–Kier alpha value is -4.33. The molecule has 0 spiro atoms. The number of ether oxygens (including phenoxy) is 1. The molecule has 0 unspecified atom stereocenters. The van der Waals surface area contributed by atoms with Crippen molar-refractivity contribution in [2.45, 2.75) is 32.7 Å². The zero-order chi connectivity index (χ0) is 28.3. The number of hydrogen-bond acceptors (Lipinski definition) is 5. The van der Waals surface area contributed by atoms with E-state index in [1.165, 1.54) is 29.0 Å². The van der Waals surface area contributed by atoms with E-state index in [2.05, 4.69) is 27.3 Å². The van der Waals surface area contributed by atoms with Crippen LogP contribution in [0.3, 0.4) is 0 Å². The lowest BCUT2D eigenvalue weighted by molar-refractivity contribution is 0.0949. The van der Waals surface area contributed by atoms with Crippen LogP contribution in [0.4, 0.5) is 4.39 Å². The molecular formula is C34H32FN3O2S. The molecule has 0 saturated heterocycles. The Labute approximate surface area is 244 Å². The molecule has 0 radical (unpaired) electrons. The highest BCUT2D eigenvalue weighted by atomic mass is 32.1. The van der Waals surface area contributed by atoms with Crippen molar-refractivity contribution in [2.24, 2.45) is 0 Å². The van der Waals surface area contributed by atoms with E-state index < -0.39 is 0 Å². The topological polar surface area (TPSA) is 54.5 Å². The number of nitrogens with one attached hydrogen (secondary N) is 1. The molecule has 4 aromatic carbocycles. The first-order valence-corrected chi connectivity index (χ1v) is 14.5. The van der Waals surface area contributed by atoms with Crippen LogP contribution in [-0.4, -0.2) is 22.3 Å². The molecule has 1 amide bonds. The van der Waals surface area contributed by atoms with Crippen LogP contribution in [0, 0.1) is 5.82 Å². The first-order chi connectivity index (χ1) is 20.1. The van der Waals surface area contributed by atoms with Crippen molar-refractivity contribution < 1.29 is 13.9 Å². The summed E-state index contributed by atoms with van der Waals surface area (Å²) in [5, 5.41) is 5.63.